The van der Waals surface area contributed by atoms with Crippen molar-refractivity contribution < 1.29 is 9.53 Å². The molecule has 0 aliphatic heterocycles. The summed E-state index contributed by atoms with van der Waals surface area (Å²) in [4.78, 5) is 12.9. The molecule has 2 aliphatic rings. The second-order valence-electron chi connectivity index (χ2n) is 7.98. The average Bonchev–Trinajstić information content (AvgIpc) is 2.59. The molecule has 0 N–H and O–H groups in total. The van der Waals surface area contributed by atoms with Crippen LogP contribution in [0.25, 0.3) is 16.3 Å². The van der Waals surface area contributed by atoms with Crippen molar-refractivity contribution in [1.82, 2.24) is 0 Å². The van der Waals surface area contributed by atoms with E-state index in [4.69, 9.17) is 4.74 Å². The number of hydrogen-bond donors (Lipinski definition) is 0. The smallest absolute Gasteiger partial charge is 0.313 e. The van der Waals surface area contributed by atoms with Crippen LogP contribution < -0.4 is 0 Å². The molecule has 0 saturated carbocycles. The minimum atomic E-state index is -0.457. The lowest BCUT2D eigenvalue weighted by Gasteiger charge is -2.33. The molecule has 4 rings (SSSR count). The number of fused-ring (bicyclic) bond motifs is 4. The maximum absolute atomic E-state index is 12.9. The second-order valence-corrected chi connectivity index (χ2v) is 7.98. The van der Waals surface area contributed by atoms with Gasteiger partial charge in [0, 0.05) is 0 Å². The summed E-state index contributed by atoms with van der Waals surface area (Å²) < 4.78 is 5.76. The standard InChI is InChI=1S/C23H24O2/c1-23(2,3)25-22(24)21-14-20-16-9-5-4-8-15(16)12-13-19(20)17-10-6-7-11-18(17)21/h4-6,8-10,12-13,21H,7,11,14H2,1-3H3. The number of carbonyl (C=O) groups is 1. The maximum Gasteiger partial charge on any atom is 0.313 e. The van der Waals surface area contributed by atoms with Crippen molar-refractivity contribution in [3.63, 3.8) is 0 Å². The van der Waals surface area contributed by atoms with Gasteiger partial charge in [0.25, 0.3) is 0 Å². The van der Waals surface area contributed by atoms with Gasteiger partial charge >= 0.3 is 5.97 Å². The van der Waals surface area contributed by atoms with E-state index in [9.17, 15) is 4.79 Å². The van der Waals surface area contributed by atoms with E-state index in [0.29, 0.717) is 0 Å². The van der Waals surface area contributed by atoms with E-state index < -0.39 is 5.60 Å². The first kappa shape index (κ1) is 16.1. The van der Waals surface area contributed by atoms with Crippen molar-refractivity contribution in [2.24, 2.45) is 5.92 Å². The van der Waals surface area contributed by atoms with Gasteiger partial charge in [-0.15, -0.1) is 0 Å². The third kappa shape index (κ3) is 2.90. The van der Waals surface area contributed by atoms with Crippen molar-refractivity contribution in [3.05, 3.63) is 65.3 Å². The zero-order valence-electron chi connectivity index (χ0n) is 15.1. The van der Waals surface area contributed by atoms with Crippen LogP contribution in [0.5, 0.6) is 0 Å². The van der Waals surface area contributed by atoms with Gasteiger partial charge in [-0.2, -0.15) is 0 Å². The monoisotopic (exact) mass is 332 g/mol. The summed E-state index contributed by atoms with van der Waals surface area (Å²) in [5.41, 5.74) is 4.58. The predicted molar refractivity (Wildman–Crippen MR) is 102 cm³/mol. The molecule has 2 aliphatic carbocycles. The molecule has 128 valence electrons. The number of benzene rings is 2. The van der Waals surface area contributed by atoms with Gasteiger partial charge in [-0.1, -0.05) is 48.6 Å². The van der Waals surface area contributed by atoms with Gasteiger partial charge in [-0.05, 0) is 73.1 Å². The fourth-order valence-corrected chi connectivity index (χ4v) is 4.04. The van der Waals surface area contributed by atoms with Gasteiger partial charge < -0.3 is 4.74 Å². The summed E-state index contributed by atoms with van der Waals surface area (Å²) in [6, 6.07) is 12.8. The molecule has 0 radical (unpaired) electrons. The number of ether oxygens (including phenoxy) is 1. The Morgan fingerprint density at radius 1 is 1.12 bits per heavy atom. The third-order valence-electron chi connectivity index (χ3n) is 5.06. The lowest BCUT2D eigenvalue weighted by Crippen LogP contribution is -2.33. The zero-order valence-corrected chi connectivity index (χ0v) is 15.1. The molecule has 1 atom stereocenters. The van der Waals surface area contributed by atoms with Gasteiger partial charge in [-0.25, -0.2) is 0 Å². The highest BCUT2D eigenvalue weighted by atomic mass is 16.6. The summed E-state index contributed by atoms with van der Waals surface area (Å²) in [5.74, 6) is -0.258. The summed E-state index contributed by atoms with van der Waals surface area (Å²) >= 11 is 0. The highest BCUT2D eigenvalue weighted by Crippen LogP contribution is 2.43. The Hall–Kier alpha value is -2.35. The lowest BCUT2D eigenvalue weighted by molar-refractivity contribution is -0.158. The van der Waals surface area contributed by atoms with Crippen molar-refractivity contribution >= 4 is 22.3 Å². The fraction of sp³-hybridized carbons (Fsp3) is 0.348. The summed E-state index contributed by atoms with van der Waals surface area (Å²) in [5, 5.41) is 2.48. The van der Waals surface area contributed by atoms with Gasteiger partial charge in [0.15, 0.2) is 0 Å². The molecule has 2 aromatic rings. The first-order valence-corrected chi connectivity index (χ1v) is 9.07. The zero-order chi connectivity index (χ0) is 17.6. The van der Waals surface area contributed by atoms with E-state index in [-0.39, 0.29) is 11.9 Å². The summed E-state index contributed by atoms with van der Waals surface area (Å²) in [6.45, 7) is 5.81. The molecule has 0 bridgehead atoms. The van der Waals surface area contributed by atoms with Crippen LogP contribution in [0.1, 0.15) is 44.7 Å². The molecular weight excluding hydrogens is 308 g/mol. The highest BCUT2D eigenvalue weighted by molar-refractivity contribution is 5.96. The molecule has 1 unspecified atom stereocenters. The Kier molecular flexibility index (Phi) is 3.79. The fourth-order valence-electron chi connectivity index (χ4n) is 4.04. The van der Waals surface area contributed by atoms with Crippen molar-refractivity contribution in [2.75, 3.05) is 0 Å². The maximum atomic E-state index is 12.9. The van der Waals surface area contributed by atoms with Crippen LogP contribution in [-0.4, -0.2) is 11.6 Å². The van der Waals surface area contributed by atoms with Crippen molar-refractivity contribution in [3.8, 4) is 0 Å². The predicted octanol–water partition coefficient (Wildman–Crippen LogP) is 5.46. The van der Waals surface area contributed by atoms with E-state index >= 15 is 0 Å². The third-order valence-corrected chi connectivity index (χ3v) is 5.06. The Morgan fingerprint density at radius 3 is 2.72 bits per heavy atom. The topological polar surface area (TPSA) is 26.3 Å². The van der Waals surface area contributed by atoms with Gasteiger partial charge in [0.1, 0.15) is 5.60 Å². The van der Waals surface area contributed by atoms with Crippen molar-refractivity contribution in [1.29, 1.82) is 0 Å². The molecule has 2 aromatic carbocycles. The Bertz CT molecular complexity index is 909. The minimum absolute atomic E-state index is 0.0890. The molecular formula is C23H24O2. The average molecular weight is 332 g/mol. The summed E-state index contributed by atoms with van der Waals surface area (Å²) in [7, 11) is 0. The Balaban J connectivity index is 1.87. The molecule has 2 heteroatoms. The molecule has 0 fully saturated rings. The van der Waals surface area contributed by atoms with Crippen LogP contribution in [0.4, 0.5) is 0 Å². The van der Waals surface area contributed by atoms with Crippen LogP contribution in [0.3, 0.4) is 0 Å². The first-order chi connectivity index (χ1) is 11.9. The van der Waals surface area contributed by atoms with Crippen LogP contribution in [0.15, 0.2) is 54.1 Å². The number of hydrogen-bond acceptors (Lipinski definition) is 2. The van der Waals surface area contributed by atoms with Crippen LogP contribution in [0.2, 0.25) is 0 Å². The van der Waals surface area contributed by atoms with E-state index in [1.165, 1.54) is 33.0 Å². The molecule has 0 saturated heterocycles. The number of carbonyl (C=O) groups excluding carboxylic acids is 1. The van der Waals surface area contributed by atoms with Gasteiger partial charge in [-0.3, -0.25) is 4.79 Å². The minimum Gasteiger partial charge on any atom is -0.459 e. The normalized spacial score (nSPS) is 19.6. The highest BCUT2D eigenvalue weighted by Gasteiger charge is 2.35. The number of allylic oxidation sites excluding steroid dienone is 3. The van der Waals surface area contributed by atoms with E-state index in [0.717, 1.165) is 19.3 Å². The van der Waals surface area contributed by atoms with E-state index in [1.807, 2.05) is 20.8 Å². The lowest BCUT2D eigenvalue weighted by atomic mass is 9.74. The van der Waals surface area contributed by atoms with Gasteiger partial charge in [0.2, 0.25) is 0 Å². The Labute approximate surface area is 149 Å². The molecule has 0 aromatic heterocycles. The quantitative estimate of drug-likeness (QED) is 0.648. The first-order valence-electron chi connectivity index (χ1n) is 9.07. The molecule has 25 heavy (non-hydrogen) atoms. The van der Waals surface area contributed by atoms with Crippen LogP contribution in [0, 0.1) is 5.92 Å². The Morgan fingerprint density at radius 2 is 1.92 bits per heavy atom. The molecule has 0 spiro atoms. The van der Waals surface area contributed by atoms with Crippen LogP contribution >= 0.6 is 0 Å². The van der Waals surface area contributed by atoms with E-state index in [2.05, 4.69) is 48.6 Å². The second kappa shape index (κ2) is 5.87. The summed E-state index contributed by atoms with van der Waals surface area (Å²) in [6.07, 6.45) is 7.10. The van der Waals surface area contributed by atoms with Crippen molar-refractivity contribution in [2.45, 2.75) is 45.6 Å². The number of esters is 1. The SMILES string of the molecule is CC(C)(C)OC(=O)C1Cc2c(ccc3ccccc23)C2=C1CCC=C2. The van der Waals surface area contributed by atoms with E-state index in [1.54, 1.807) is 0 Å². The molecule has 2 nitrogen and oxygen atoms in total. The molecule has 0 amide bonds. The largest absolute Gasteiger partial charge is 0.459 e. The van der Waals surface area contributed by atoms with Gasteiger partial charge in [0.05, 0.1) is 5.92 Å². The number of rotatable bonds is 1. The molecule has 0 heterocycles. The van der Waals surface area contributed by atoms with Crippen LogP contribution in [-0.2, 0) is 16.0 Å².